The Balaban J connectivity index is 1.59. The Morgan fingerprint density at radius 2 is 1.97 bits per heavy atom. The number of carboxylic acid groups (broad SMARTS) is 1. The number of nitrogens with one attached hydrogen (secondary N) is 1. The summed E-state index contributed by atoms with van der Waals surface area (Å²) in [6, 6.07) is 17.0. The average Bonchev–Trinajstić information content (AvgIpc) is 3.10. The summed E-state index contributed by atoms with van der Waals surface area (Å²) in [4.78, 5) is 35.2. The van der Waals surface area contributed by atoms with Crippen molar-refractivity contribution in [1.82, 2.24) is 15.2 Å². The average molecular weight is 461 g/mol. The van der Waals surface area contributed by atoms with Crippen LogP contribution < -0.4 is 5.32 Å². The third kappa shape index (κ3) is 5.23. The van der Waals surface area contributed by atoms with Crippen LogP contribution in [0.2, 0.25) is 0 Å². The quantitative estimate of drug-likeness (QED) is 0.508. The van der Waals surface area contributed by atoms with E-state index < -0.39 is 11.6 Å². The van der Waals surface area contributed by atoms with Crippen LogP contribution in [0.15, 0.2) is 70.7 Å². The lowest BCUT2D eigenvalue weighted by Crippen LogP contribution is -2.44. The van der Waals surface area contributed by atoms with Gasteiger partial charge in [0.15, 0.2) is 5.17 Å². The van der Waals surface area contributed by atoms with Crippen molar-refractivity contribution in [2.75, 3.05) is 0 Å². The first kappa shape index (κ1) is 22.5. The van der Waals surface area contributed by atoms with Gasteiger partial charge in [0, 0.05) is 17.1 Å². The predicted molar refractivity (Wildman–Crippen MR) is 132 cm³/mol. The molecule has 0 unspecified atom stereocenters. The minimum Gasteiger partial charge on any atom is -0.465 e. The van der Waals surface area contributed by atoms with Crippen LogP contribution >= 0.6 is 11.8 Å². The Hall–Kier alpha value is -3.65. The van der Waals surface area contributed by atoms with E-state index in [-0.39, 0.29) is 12.5 Å². The number of pyridine rings is 1. The summed E-state index contributed by atoms with van der Waals surface area (Å²) in [6.45, 7) is 5.74. The molecule has 1 aliphatic heterocycles. The lowest BCUT2D eigenvalue weighted by Gasteiger charge is -2.33. The monoisotopic (exact) mass is 460 g/mol. The van der Waals surface area contributed by atoms with Crippen molar-refractivity contribution >= 4 is 51.6 Å². The van der Waals surface area contributed by atoms with Gasteiger partial charge in [-0.05, 0) is 74.0 Å². The van der Waals surface area contributed by atoms with Crippen molar-refractivity contribution in [3.63, 3.8) is 0 Å². The smallest absolute Gasteiger partial charge is 0.408 e. The number of carbonyl (C=O) groups is 2. The van der Waals surface area contributed by atoms with Crippen molar-refractivity contribution < 1.29 is 14.7 Å². The summed E-state index contributed by atoms with van der Waals surface area (Å²) in [5.41, 5.74) is 2.61. The van der Waals surface area contributed by atoms with Gasteiger partial charge in [0.25, 0.3) is 5.91 Å². The van der Waals surface area contributed by atoms with Crippen LogP contribution in [0.5, 0.6) is 0 Å². The highest BCUT2D eigenvalue weighted by Crippen LogP contribution is 2.31. The Morgan fingerprint density at radius 1 is 1.18 bits per heavy atom. The van der Waals surface area contributed by atoms with Crippen LogP contribution in [0, 0.1) is 0 Å². The third-order valence-corrected chi connectivity index (χ3v) is 6.07. The second kappa shape index (κ2) is 9.07. The summed E-state index contributed by atoms with van der Waals surface area (Å²) in [6.07, 6.45) is 2.58. The van der Waals surface area contributed by atoms with Gasteiger partial charge < -0.3 is 10.4 Å². The Kier molecular flexibility index (Phi) is 6.20. The molecule has 2 amide bonds. The number of nitrogens with zero attached hydrogens (tertiary/aromatic N) is 3. The second-order valence-corrected chi connectivity index (χ2v) is 9.64. The van der Waals surface area contributed by atoms with Crippen molar-refractivity contribution in [1.29, 1.82) is 0 Å². The molecule has 0 saturated carbocycles. The molecule has 2 heterocycles. The van der Waals surface area contributed by atoms with Gasteiger partial charge in [-0.2, -0.15) is 0 Å². The topological polar surface area (TPSA) is 94.9 Å². The number of hydrogen-bond acceptors (Lipinski definition) is 5. The molecule has 1 aliphatic rings. The zero-order valence-electron chi connectivity index (χ0n) is 18.6. The van der Waals surface area contributed by atoms with Gasteiger partial charge in [-0.15, -0.1) is 0 Å². The fourth-order valence-corrected chi connectivity index (χ4v) is 4.28. The lowest BCUT2D eigenvalue weighted by molar-refractivity contribution is -0.115. The number of thioether (sulfide) groups is 1. The number of amidine groups is 1. The summed E-state index contributed by atoms with van der Waals surface area (Å²) >= 11 is 1.26. The fourth-order valence-electron chi connectivity index (χ4n) is 3.44. The van der Waals surface area contributed by atoms with Crippen LogP contribution in [0.1, 0.15) is 31.9 Å². The molecule has 1 aromatic heterocycles. The van der Waals surface area contributed by atoms with Crippen LogP contribution in [0.25, 0.3) is 17.0 Å². The van der Waals surface area contributed by atoms with Gasteiger partial charge >= 0.3 is 6.09 Å². The number of amides is 2. The van der Waals surface area contributed by atoms with Gasteiger partial charge in [0.1, 0.15) is 0 Å². The first-order valence-corrected chi connectivity index (χ1v) is 11.3. The summed E-state index contributed by atoms with van der Waals surface area (Å²) in [7, 11) is 0. The van der Waals surface area contributed by atoms with E-state index in [0.717, 1.165) is 22.0 Å². The normalized spacial score (nSPS) is 16.4. The lowest BCUT2D eigenvalue weighted by atomic mass is 10.0. The highest BCUT2D eigenvalue weighted by atomic mass is 32.2. The maximum absolute atomic E-state index is 12.5. The number of fused-ring (bicyclic) bond motifs is 1. The first-order valence-electron chi connectivity index (χ1n) is 10.4. The molecule has 1 fully saturated rings. The maximum Gasteiger partial charge on any atom is 0.408 e. The minimum atomic E-state index is -0.996. The molecule has 8 heteroatoms. The van der Waals surface area contributed by atoms with Gasteiger partial charge in [0.05, 0.1) is 22.7 Å². The molecule has 1 saturated heterocycles. The van der Waals surface area contributed by atoms with Gasteiger partial charge in [-0.25, -0.2) is 9.79 Å². The molecule has 0 radical (unpaired) electrons. The SMILES string of the molecule is CC(C)(C)N(Cc1ccccc1N=C1NC(=O)/C(=C/c2ccc3ncccc3c2)S1)C(=O)O. The summed E-state index contributed by atoms with van der Waals surface area (Å²) in [5.74, 6) is -0.218. The number of benzene rings is 2. The first-order chi connectivity index (χ1) is 15.7. The summed E-state index contributed by atoms with van der Waals surface area (Å²) in [5, 5.41) is 13.9. The predicted octanol–water partition coefficient (Wildman–Crippen LogP) is 5.40. The molecule has 3 aromatic rings. The number of rotatable bonds is 4. The molecule has 33 heavy (non-hydrogen) atoms. The fraction of sp³-hybridized carbons (Fsp3) is 0.200. The number of carbonyl (C=O) groups excluding carboxylic acids is 1. The molecule has 0 spiro atoms. The van der Waals surface area contributed by atoms with E-state index in [9.17, 15) is 14.7 Å². The van der Waals surface area contributed by atoms with E-state index in [4.69, 9.17) is 0 Å². The maximum atomic E-state index is 12.5. The van der Waals surface area contributed by atoms with Crippen molar-refractivity contribution in [3.05, 3.63) is 76.8 Å². The number of hydrogen-bond donors (Lipinski definition) is 2. The van der Waals surface area contributed by atoms with Crippen LogP contribution in [-0.4, -0.2) is 37.7 Å². The largest absolute Gasteiger partial charge is 0.465 e. The van der Waals surface area contributed by atoms with E-state index in [1.165, 1.54) is 16.7 Å². The molecular weight excluding hydrogens is 436 g/mol. The Bertz CT molecular complexity index is 1290. The van der Waals surface area contributed by atoms with E-state index in [2.05, 4.69) is 15.3 Å². The Morgan fingerprint density at radius 3 is 2.73 bits per heavy atom. The van der Waals surface area contributed by atoms with Gasteiger partial charge in [-0.3, -0.25) is 14.7 Å². The molecule has 4 rings (SSSR count). The molecular formula is C25H24N4O3S. The van der Waals surface area contributed by atoms with E-state index in [0.29, 0.717) is 15.8 Å². The van der Waals surface area contributed by atoms with Crippen molar-refractivity contribution in [2.24, 2.45) is 4.99 Å². The van der Waals surface area contributed by atoms with E-state index in [1.807, 2.05) is 81.4 Å². The second-order valence-electron chi connectivity index (χ2n) is 8.61. The van der Waals surface area contributed by atoms with Crippen LogP contribution in [-0.2, 0) is 11.3 Å². The number of aromatic nitrogens is 1. The highest BCUT2D eigenvalue weighted by Gasteiger charge is 2.28. The van der Waals surface area contributed by atoms with E-state index >= 15 is 0 Å². The molecule has 0 bridgehead atoms. The molecule has 168 valence electrons. The van der Waals surface area contributed by atoms with E-state index in [1.54, 1.807) is 6.20 Å². The third-order valence-electron chi connectivity index (χ3n) is 5.16. The van der Waals surface area contributed by atoms with Crippen molar-refractivity contribution in [3.8, 4) is 0 Å². The van der Waals surface area contributed by atoms with Crippen molar-refractivity contribution in [2.45, 2.75) is 32.9 Å². The molecule has 0 atom stereocenters. The Labute approximate surface area is 196 Å². The molecule has 2 N–H and O–H groups in total. The zero-order chi connectivity index (χ0) is 23.6. The standard InChI is InChI=1S/C25H24N4O3S/c1-25(2,3)29(24(31)32)15-18-7-4-5-9-20(18)27-23-28-22(30)21(33-23)14-16-10-11-19-17(13-16)8-6-12-26-19/h4-14H,15H2,1-3H3,(H,31,32)(H,27,28,30)/b21-14-. The van der Waals surface area contributed by atoms with Crippen LogP contribution in [0.4, 0.5) is 10.5 Å². The van der Waals surface area contributed by atoms with Crippen LogP contribution in [0.3, 0.4) is 0 Å². The van der Waals surface area contributed by atoms with Gasteiger partial charge in [0.2, 0.25) is 0 Å². The molecule has 2 aromatic carbocycles. The van der Waals surface area contributed by atoms with Gasteiger partial charge in [-0.1, -0.05) is 30.3 Å². The molecule has 7 nitrogen and oxygen atoms in total. The molecule has 0 aliphatic carbocycles. The minimum absolute atomic E-state index is 0.193. The highest BCUT2D eigenvalue weighted by molar-refractivity contribution is 8.18. The number of para-hydroxylation sites is 1. The number of aliphatic imine (C=N–C) groups is 1. The summed E-state index contributed by atoms with van der Waals surface area (Å²) < 4.78 is 0. The zero-order valence-corrected chi connectivity index (χ0v) is 19.4.